The molecular weight excluding hydrogens is 210 g/mol. The highest BCUT2D eigenvalue weighted by Gasteiger charge is 2.08. The predicted octanol–water partition coefficient (Wildman–Crippen LogP) is 3.50. The average molecular weight is 236 g/mol. The SMILES string of the molecule is CC(=O)CC(C)C.C[N+](C)(C)c1ccccc1. The fourth-order valence-corrected chi connectivity index (χ4v) is 1.45. The summed E-state index contributed by atoms with van der Waals surface area (Å²) in [5.74, 6) is 0.813. The first-order chi connectivity index (χ1) is 7.73. The first kappa shape index (κ1) is 15.9. The number of hydrogen-bond donors (Lipinski definition) is 0. The van der Waals surface area contributed by atoms with E-state index in [2.05, 4.69) is 45.4 Å². The Balaban J connectivity index is 0.000000325. The summed E-state index contributed by atoms with van der Waals surface area (Å²) in [4.78, 5) is 10.3. The molecule has 0 aliphatic carbocycles. The van der Waals surface area contributed by atoms with Crippen molar-refractivity contribution in [3.63, 3.8) is 0 Å². The van der Waals surface area contributed by atoms with Crippen LogP contribution in [0.5, 0.6) is 0 Å². The van der Waals surface area contributed by atoms with E-state index < -0.39 is 0 Å². The van der Waals surface area contributed by atoms with Gasteiger partial charge in [-0.05, 0) is 25.0 Å². The number of carbonyl (C=O) groups is 1. The summed E-state index contributed by atoms with van der Waals surface area (Å²) in [5.41, 5.74) is 1.34. The largest absolute Gasteiger partial charge is 0.300 e. The molecule has 2 nitrogen and oxygen atoms in total. The van der Waals surface area contributed by atoms with Gasteiger partial charge in [0, 0.05) is 6.42 Å². The molecule has 0 aliphatic heterocycles. The Morgan fingerprint density at radius 2 is 1.59 bits per heavy atom. The van der Waals surface area contributed by atoms with Crippen LogP contribution in [0.15, 0.2) is 30.3 Å². The molecule has 0 atom stereocenters. The van der Waals surface area contributed by atoms with Crippen molar-refractivity contribution in [3.05, 3.63) is 30.3 Å². The second kappa shape index (κ2) is 7.23. The third-order valence-electron chi connectivity index (χ3n) is 2.23. The number of quaternary nitrogens is 1. The zero-order chi connectivity index (χ0) is 13.5. The Morgan fingerprint density at radius 1 is 1.12 bits per heavy atom. The molecule has 0 saturated heterocycles. The van der Waals surface area contributed by atoms with Crippen molar-refractivity contribution >= 4 is 11.5 Å². The molecule has 0 aliphatic rings. The van der Waals surface area contributed by atoms with Crippen LogP contribution in [-0.2, 0) is 4.79 Å². The van der Waals surface area contributed by atoms with Crippen molar-refractivity contribution in [1.82, 2.24) is 4.48 Å². The number of nitrogens with zero attached hydrogens (tertiary/aromatic N) is 1. The molecule has 0 aromatic heterocycles. The summed E-state index contributed by atoms with van der Waals surface area (Å²) in [5, 5.41) is 0. The van der Waals surface area contributed by atoms with Gasteiger partial charge in [-0.2, -0.15) is 0 Å². The Hall–Kier alpha value is -1.15. The Morgan fingerprint density at radius 3 is 1.76 bits per heavy atom. The van der Waals surface area contributed by atoms with Gasteiger partial charge in [0.1, 0.15) is 11.5 Å². The van der Waals surface area contributed by atoms with Gasteiger partial charge < -0.3 is 4.79 Å². The fourth-order valence-electron chi connectivity index (χ4n) is 1.45. The van der Waals surface area contributed by atoms with Crippen LogP contribution in [-0.4, -0.2) is 26.9 Å². The summed E-state index contributed by atoms with van der Waals surface area (Å²) in [6, 6.07) is 10.5. The zero-order valence-corrected chi connectivity index (χ0v) is 12.0. The summed E-state index contributed by atoms with van der Waals surface area (Å²) in [6.45, 7) is 5.71. The molecule has 96 valence electrons. The van der Waals surface area contributed by atoms with Crippen LogP contribution in [0.2, 0.25) is 0 Å². The number of rotatable bonds is 3. The van der Waals surface area contributed by atoms with Crippen LogP contribution >= 0.6 is 0 Å². The number of hydrogen-bond acceptors (Lipinski definition) is 1. The van der Waals surface area contributed by atoms with E-state index >= 15 is 0 Å². The molecule has 1 aromatic rings. The average Bonchev–Trinajstić information content (AvgIpc) is 2.16. The molecule has 2 heteroatoms. The monoisotopic (exact) mass is 236 g/mol. The van der Waals surface area contributed by atoms with Gasteiger partial charge in [-0.1, -0.05) is 32.0 Å². The molecular formula is C15H26NO+. The molecule has 17 heavy (non-hydrogen) atoms. The van der Waals surface area contributed by atoms with E-state index in [4.69, 9.17) is 0 Å². The first-order valence-electron chi connectivity index (χ1n) is 6.10. The molecule has 0 unspecified atom stereocenters. The van der Waals surface area contributed by atoms with Crippen molar-refractivity contribution in [3.8, 4) is 0 Å². The van der Waals surface area contributed by atoms with Crippen molar-refractivity contribution in [2.45, 2.75) is 27.2 Å². The highest BCUT2D eigenvalue weighted by molar-refractivity contribution is 5.75. The second-order valence-corrected chi connectivity index (χ2v) is 5.65. The maximum atomic E-state index is 10.3. The van der Waals surface area contributed by atoms with Gasteiger partial charge in [-0.15, -0.1) is 0 Å². The lowest BCUT2D eigenvalue weighted by Crippen LogP contribution is -2.34. The molecule has 0 radical (unpaired) electrons. The summed E-state index contributed by atoms with van der Waals surface area (Å²) in [6.07, 6.45) is 0.722. The van der Waals surface area contributed by atoms with E-state index in [1.54, 1.807) is 6.92 Å². The molecule has 0 fully saturated rings. The first-order valence-corrected chi connectivity index (χ1v) is 6.10. The van der Waals surface area contributed by atoms with Gasteiger partial charge in [0.25, 0.3) is 0 Å². The standard InChI is InChI=1S/C9H14N.C6H12O/c1-10(2,3)9-7-5-4-6-8-9;1-5(2)4-6(3)7/h4-8H,1-3H3;5H,4H2,1-3H3/q+1;. The van der Waals surface area contributed by atoms with Crippen LogP contribution in [0, 0.1) is 5.92 Å². The van der Waals surface area contributed by atoms with Crippen LogP contribution < -0.4 is 4.48 Å². The molecule has 0 spiro atoms. The van der Waals surface area contributed by atoms with Gasteiger partial charge in [-0.3, -0.25) is 4.48 Å². The normalized spacial score (nSPS) is 10.8. The Bertz CT molecular complexity index is 323. The lowest BCUT2D eigenvalue weighted by Gasteiger charge is -2.22. The lowest BCUT2D eigenvalue weighted by molar-refractivity contribution is -0.117. The Kier molecular flexibility index (Phi) is 6.74. The predicted molar refractivity (Wildman–Crippen MR) is 76.1 cm³/mol. The maximum Gasteiger partial charge on any atom is 0.132 e. The third-order valence-corrected chi connectivity index (χ3v) is 2.23. The fraction of sp³-hybridized carbons (Fsp3) is 0.533. The molecule has 0 heterocycles. The molecule has 0 N–H and O–H groups in total. The lowest BCUT2D eigenvalue weighted by atomic mass is 10.1. The number of Topliss-reactive ketones (excluding diaryl/α,β-unsaturated/α-hetero) is 1. The number of carbonyl (C=O) groups excluding carboxylic acids is 1. The van der Waals surface area contributed by atoms with Gasteiger partial charge in [-0.25, -0.2) is 0 Å². The molecule has 1 aromatic carbocycles. The van der Waals surface area contributed by atoms with Crippen LogP contribution in [0.1, 0.15) is 27.2 Å². The van der Waals surface area contributed by atoms with Crippen LogP contribution in [0.3, 0.4) is 0 Å². The third kappa shape index (κ3) is 8.64. The van der Waals surface area contributed by atoms with Crippen molar-refractivity contribution < 1.29 is 4.79 Å². The highest BCUT2D eigenvalue weighted by atomic mass is 16.1. The van der Waals surface area contributed by atoms with E-state index in [-0.39, 0.29) is 5.78 Å². The highest BCUT2D eigenvalue weighted by Crippen LogP contribution is 2.14. The van der Waals surface area contributed by atoms with Crippen LogP contribution in [0.4, 0.5) is 5.69 Å². The molecule has 0 bridgehead atoms. The number of benzene rings is 1. The smallest absolute Gasteiger partial charge is 0.132 e. The van der Waals surface area contributed by atoms with Gasteiger partial charge in [0.05, 0.1) is 21.1 Å². The Labute approximate surface area is 106 Å². The zero-order valence-electron chi connectivity index (χ0n) is 12.0. The van der Waals surface area contributed by atoms with Crippen molar-refractivity contribution in [2.75, 3.05) is 21.1 Å². The van der Waals surface area contributed by atoms with E-state index in [1.807, 2.05) is 19.9 Å². The van der Waals surface area contributed by atoms with E-state index in [1.165, 1.54) is 5.69 Å². The van der Waals surface area contributed by atoms with E-state index in [9.17, 15) is 4.79 Å². The second-order valence-electron chi connectivity index (χ2n) is 5.65. The quantitative estimate of drug-likeness (QED) is 0.734. The summed E-state index contributed by atoms with van der Waals surface area (Å²) in [7, 11) is 6.49. The van der Waals surface area contributed by atoms with Gasteiger partial charge in [0.2, 0.25) is 0 Å². The van der Waals surface area contributed by atoms with Gasteiger partial charge in [0.15, 0.2) is 0 Å². The van der Waals surface area contributed by atoms with Crippen molar-refractivity contribution in [2.24, 2.45) is 5.92 Å². The van der Waals surface area contributed by atoms with Crippen LogP contribution in [0.25, 0.3) is 0 Å². The number of ketones is 1. The number of para-hydroxylation sites is 1. The van der Waals surface area contributed by atoms with E-state index in [0.29, 0.717) is 5.92 Å². The summed E-state index contributed by atoms with van der Waals surface area (Å²) < 4.78 is 0.890. The molecule has 1 rings (SSSR count). The van der Waals surface area contributed by atoms with Crippen molar-refractivity contribution in [1.29, 1.82) is 0 Å². The van der Waals surface area contributed by atoms with Gasteiger partial charge >= 0.3 is 0 Å². The minimum absolute atomic E-state index is 0.287. The molecule has 0 amide bonds. The maximum absolute atomic E-state index is 10.3. The van der Waals surface area contributed by atoms with E-state index in [0.717, 1.165) is 10.9 Å². The topological polar surface area (TPSA) is 17.1 Å². The molecule has 0 saturated carbocycles. The summed E-state index contributed by atoms with van der Waals surface area (Å²) >= 11 is 0. The minimum atomic E-state index is 0.287. The minimum Gasteiger partial charge on any atom is -0.300 e.